The Labute approximate surface area is 158 Å². The highest BCUT2D eigenvalue weighted by Gasteiger charge is 2.21. The monoisotopic (exact) mass is 382 g/mol. The minimum atomic E-state index is -0.355. The van der Waals surface area contributed by atoms with E-state index in [2.05, 4.69) is 20.5 Å². The smallest absolute Gasteiger partial charge is 0.282 e. The van der Waals surface area contributed by atoms with Crippen molar-refractivity contribution in [1.82, 2.24) is 25.1 Å². The van der Waals surface area contributed by atoms with E-state index in [1.165, 1.54) is 23.9 Å². The molecule has 0 unspecified atom stereocenters. The normalized spacial score (nSPS) is 10.8. The maximum atomic E-state index is 13.1. The third-order valence-corrected chi connectivity index (χ3v) is 4.05. The first kappa shape index (κ1) is 17.5. The molecule has 0 fully saturated rings. The van der Waals surface area contributed by atoms with E-state index in [1.807, 2.05) is 0 Å². The molecule has 0 aliphatic rings. The molecule has 4 aromatic rings. The second-order valence-corrected chi connectivity index (χ2v) is 5.70. The van der Waals surface area contributed by atoms with Gasteiger partial charge < -0.3 is 19.7 Å². The summed E-state index contributed by atoms with van der Waals surface area (Å²) >= 11 is 0. The van der Waals surface area contributed by atoms with E-state index in [9.17, 15) is 4.39 Å². The Kier molecular flexibility index (Phi) is 4.36. The highest BCUT2D eigenvalue weighted by molar-refractivity contribution is 5.67. The van der Waals surface area contributed by atoms with Gasteiger partial charge in [0.05, 0.1) is 14.2 Å². The standard InChI is InChI=1S/C18H15FN6O3/c1-26-12-7-8-14(27-2)13(9-12)25-16(20)15(22-24-25)18-21-17(23-28-18)10-3-5-11(19)6-4-10/h3-9H,20H2,1-2H3. The van der Waals surface area contributed by atoms with Gasteiger partial charge in [-0.1, -0.05) is 10.4 Å². The van der Waals surface area contributed by atoms with Crippen LogP contribution in [0.5, 0.6) is 11.5 Å². The third kappa shape index (κ3) is 3.00. The van der Waals surface area contributed by atoms with Crippen molar-refractivity contribution in [3.05, 3.63) is 48.3 Å². The Balaban J connectivity index is 1.73. The molecule has 9 nitrogen and oxygen atoms in total. The van der Waals surface area contributed by atoms with Crippen LogP contribution in [0.2, 0.25) is 0 Å². The second-order valence-electron chi connectivity index (χ2n) is 5.70. The van der Waals surface area contributed by atoms with Gasteiger partial charge in [-0.3, -0.25) is 0 Å². The Bertz CT molecular complexity index is 1120. The first-order chi connectivity index (χ1) is 13.6. The van der Waals surface area contributed by atoms with Gasteiger partial charge in [-0.05, 0) is 36.4 Å². The van der Waals surface area contributed by atoms with Gasteiger partial charge in [0.2, 0.25) is 5.82 Å². The Morgan fingerprint density at radius 2 is 1.86 bits per heavy atom. The number of nitrogens with zero attached hydrogens (tertiary/aromatic N) is 5. The van der Waals surface area contributed by atoms with Crippen molar-refractivity contribution in [2.45, 2.75) is 0 Å². The lowest BCUT2D eigenvalue weighted by molar-refractivity contribution is 0.400. The highest BCUT2D eigenvalue weighted by atomic mass is 19.1. The molecule has 2 heterocycles. The molecule has 2 N–H and O–H groups in total. The molecule has 0 aliphatic carbocycles. The Hall–Kier alpha value is -3.95. The van der Waals surface area contributed by atoms with Gasteiger partial charge in [-0.2, -0.15) is 9.67 Å². The number of hydrogen-bond donors (Lipinski definition) is 1. The summed E-state index contributed by atoms with van der Waals surface area (Å²) in [6, 6.07) is 10.9. The molecule has 4 rings (SSSR count). The quantitative estimate of drug-likeness (QED) is 0.560. The average molecular weight is 382 g/mol. The van der Waals surface area contributed by atoms with Gasteiger partial charge in [0.1, 0.15) is 23.0 Å². The van der Waals surface area contributed by atoms with E-state index in [-0.39, 0.29) is 29.0 Å². The SMILES string of the molecule is COc1ccc(OC)c(-n2nnc(-c3nc(-c4ccc(F)cc4)no3)c2N)c1. The van der Waals surface area contributed by atoms with Crippen LogP contribution in [-0.2, 0) is 0 Å². The summed E-state index contributed by atoms with van der Waals surface area (Å²) in [7, 11) is 3.09. The van der Waals surface area contributed by atoms with Crippen molar-refractivity contribution >= 4 is 5.82 Å². The molecule has 28 heavy (non-hydrogen) atoms. The van der Waals surface area contributed by atoms with Crippen LogP contribution in [0.1, 0.15) is 0 Å². The lowest BCUT2D eigenvalue weighted by atomic mass is 10.2. The van der Waals surface area contributed by atoms with E-state index in [1.54, 1.807) is 37.4 Å². The molecule has 0 radical (unpaired) electrons. The number of hydrogen-bond acceptors (Lipinski definition) is 8. The van der Waals surface area contributed by atoms with Gasteiger partial charge in [0, 0.05) is 11.6 Å². The molecule has 10 heteroatoms. The summed E-state index contributed by atoms with van der Waals surface area (Å²) in [5.41, 5.74) is 7.56. The molecule has 0 atom stereocenters. The summed E-state index contributed by atoms with van der Waals surface area (Å²) in [5, 5.41) is 12.0. The predicted octanol–water partition coefficient (Wildman–Crippen LogP) is 2.72. The number of rotatable bonds is 5. The van der Waals surface area contributed by atoms with E-state index >= 15 is 0 Å². The van der Waals surface area contributed by atoms with Crippen LogP contribution in [0.25, 0.3) is 28.7 Å². The van der Waals surface area contributed by atoms with Crippen molar-refractivity contribution in [3.63, 3.8) is 0 Å². The van der Waals surface area contributed by atoms with Crippen LogP contribution < -0.4 is 15.2 Å². The molecule has 0 bridgehead atoms. The summed E-state index contributed by atoms with van der Waals surface area (Å²) < 4.78 is 30.3. The molecule has 0 saturated carbocycles. The van der Waals surface area contributed by atoms with Gasteiger partial charge in [-0.15, -0.1) is 5.10 Å². The van der Waals surface area contributed by atoms with Crippen molar-refractivity contribution in [2.24, 2.45) is 0 Å². The van der Waals surface area contributed by atoms with Crippen LogP contribution in [-0.4, -0.2) is 39.4 Å². The third-order valence-electron chi connectivity index (χ3n) is 4.05. The van der Waals surface area contributed by atoms with Crippen LogP contribution in [0, 0.1) is 5.82 Å². The minimum absolute atomic E-state index is 0.0879. The van der Waals surface area contributed by atoms with Crippen LogP contribution in [0.4, 0.5) is 10.2 Å². The first-order valence-corrected chi connectivity index (χ1v) is 8.14. The summed E-state index contributed by atoms with van der Waals surface area (Å²) in [6.07, 6.45) is 0. The fourth-order valence-corrected chi connectivity index (χ4v) is 2.62. The van der Waals surface area contributed by atoms with Gasteiger partial charge in [0.15, 0.2) is 11.5 Å². The largest absolute Gasteiger partial charge is 0.497 e. The number of methoxy groups -OCH3 is 2. The average Bonchev–Trinajstić information content (AvgIpc) is 3.34. The van der Waals surface area contributed by atoms with E-state index < -0.39 is 0 Å². The number of aromatic nitrogens is 5. The molecule has 2 aromatic carbocycles. The molecule has 2 aromatic heterocycles. The van der Waals surface area contributed by atoms with Gasteiger partial charge in [-0.25, -0.2) is 4.39 Å². The Morgan fingerprint density at radius 3 is 2.57 bits per heavy atom. The van der Waals surface area contributed by atoms with Crippen molar-refractivity contribution in [3.8, 4) is 40.2 Å². The molecule has 142 valence electrons. The zero-order valence-corrected chi connectivity index (χ0v) is 15.0. The van der Waals surface area contributed by atoms with Gasteiger partial charge in [0.25, 0.3) is 5.89 Å². The van der Waals surface area contributed by atoms with Gasteiger partial charge >= 0.3 is 0 Å². The summed E-state index contributed by atoms with van der Waals surface area (Å²) in [5.74, 6) is 1.32. The minimum Gasteiger partial charge on any atom is -0.497 e. The van der Waals surface area contributed by atoms with Crippen LogP contribution >= 0.6 is 0 Å². The maximum absolute atomic E-state index is 13.1. The zero-order chi connectivity index (χ0) is 19.7. The van der Waals surface area contributed by atoms with Crippen LogP contribution in [0.3, 0.4) is 0 Å². The number of halogens is 1. The fraction of sp³-hybridized carbons (Fsp3) is 0.111. The predicted molar refractivity (Wildman–Crippen MR) is 97.6 cm³/mol. The molecule has 0 spiro atoms. The first-order valence-electron chi connectivity index (χ1n) is 8.14. The molecular weight excluding hydrogens is 367 g/mol. The number of benzene rings is 2. The van der Waals surface area contributed by atoms with Crippen molar-refractivity contribution < 1.29 is 18.4 Å². The molecule has 0 amide bonds. The lowest BCUT2D eigenvalue weighted by Gasteiger charge is -2.10. The maximum Gasteiger partial charge on any atom is 0.282 e. The van der Waals surface area contributed by atoms with E-state index in [0.717, 1.165) is 0 Å². The second kappa shape index (κ2) is 6.99. The zero-order valence-electron chi connectivity index (χ0n) is 15.0. The van der Waals surface area contributed by atoms with E-state index in [4.69, 9.17) is 19.7 Å². The Morgan fingerprint density at radius 1 is 1.07 bits per heavy atom. The summed E-state index contributed by atoms with van der Waals surface area (Å²) in [4.78, 5) is 4.27. The highest BCUT2D eigenvalue weighted by Crippen LogP contribution is 2.32. The summed E-state index contributed by atoms with van der Waals surface area (Å²) in [6.45, 7) is 0. The molecule has 0 aliphatic heterocycles. The lowest BCUT2D eigenvalue weighted by Crippen LogP contribution is -2.05. The van der Waals surface area contributed by atoms with Crippen LogP contribution in [0.15, 0.2) is 47.0 Å². The molecule has 0 saturated heterocycles. The number of nitrogens with two attached hydrogens (primary N) is 1. The molecular formula is C18H15FN6O3. The number of nitrogen functional groups attached to an aromatic ring is 1. The number of ether oxygens (including phenoxy) is 2. The van der Waals surface area contributed by atoms with Crippen molar-refractivity contribution in [1.29, 1.82) is 0 Å². The topological polar surface area (TPSA) is 114 Å². The fourth-order valence-electron chi connectivity index (χ4n) is 2.62. The number of anilines is 1. The van der Waals surface area contributed by atoms with Crippen molar-refractivity contribution in [2.75, 3.05) is 20.0 Å². The van der Waals surface area contributed by atoms with E-state index in [0.29, 0.717) is 22.7 Å².